The van der Waals surface area contributed by atoms with Crippen molar-refractivity contribution in [3.05, 3.63) is 59.7 Å². The molecule has 0 amide bonds. The molecular formula is C12H9FN2O. The van der Waals surface area contributed by atoms with Crippen LogP contribution in [0.1, 0.15) is 17.0 Å². The number of aromatic nitrogens is 2. The van der Waals surface area contributed by atoms with Gasteiger partial charge in [0.15, 0.2) is 0 Å². The summed E-state index contributed by atoms with van der Waals surface area (Å²) in [5, 5.41) is 7.36. The lowest BCUT2D eigenvalue weighted by atomic mass is 9.94. The van der Waals surface area contributed by atoms with E-state index in [2.05, 4.69) is 10.2 Å². The number of hydrogen-bond acceptors (Lipinski definition) is 3. The van der Waals surface area contributed by atoms with Crippen LogP contribution >= 0.6 is 0 Å². The molecule has 2 rings (SSSR count). The molecule has 0 radical (unpaired) electrons. The maximum atomic E-state index is 12.7. The first-order valence-corrected chi connectivity index (χ1v) is 4.78. The predicted octanol–water partition coefficient (Wildman–Crippen LogP) is 1.95. The lowest BCUT2D eigenvalue weighted by Crippen LogP contribution is -2.03. The smallest absolute Gasteiger partial charge is 0.131 e. The van der Waals surface area contributed by atoms with Crippen molar-refractivity contribution in [2.45, 2.75) is 5.92 Å². The Balaban J connectivity index is 2.37. The van der Waals surface area contributed by atoms with E-state index in [1.165, 1.54) is 24.5 Å². The largest absolute Gasteiger partial charge is 0.302 e. The molecule has 0 bridgehead atoms. The summed E-state index contributed by atoms with van der Waals surface area (Å²) in [6.07, 6.45) is 3.86. The van der Waals surface area contributed by atoms with Crippen molar-refractivity contribution in [2.75, 3.05) is 0 Å². The first-order valence-electron chi connectivity index (χ1n) is 4.78. The standard InChI is InChI=1S/C12H9FN2O/c13-11-3-1-9(2-4-11)12(8-16)10-5-6-14-15-7-10/h1-8,12H. The fourth-order valence-electron chi connectivity index (χ4n) is 1.50. The van der Waals surface area contributed by atoms with Crippen LogP contribution in [0.2, 0.25) is 0 Å². The summed E-state index contributed by atoms with van der Waals surface area (Å²) in [4.78, 5) is 11.0. The zero-order chi connectivity index (χ0) is 11.4. The maximum absolute atomic E-state index is 12.7. The molecule has 0 saturated heterocycles. The highest BCUT2D eigenvalue weighted by Crippen LogP contribution is 2.21. The fourth-order valence-corrected chi connectivity index (χ4v) is 1.50. The van der Waals surface area contributed by atoms with E-state index < -0.39 is 5.92 Å². The van der Waals surface area contributed by atoms with Crippen LogP contribution in [0.3, 0.4) is 0 Å². The Labute approximate surface area is 92.0 Å². The molecule has 1 atom stereocenters. The molecule has 0 fully saturated rings. The van der Waals surface area contributed by atoms with Crippen LogP contribution in [0.5, 0.6) is 0 Å². The van der Waals surface area contributed by atoms with Crippen LogP contribution in [0.25, 0.3) is 0 Å². The number of halogens is 1. The zero-order valence-electron chi connectivity index (χ0n) is 8.38. The van der Waals surface area contributed by atoms with Gasteiger partial charge >= 0.3 is 0 Å². The monoisotopic (exact) mass is 216 g/mol. The molecule has 80 valence electrons. The average molecular weight is 216 g/mol. The number of aldehydes is 1. The highest BCUT2D eigenvalue weighted by atomic mass is 19.1. The van der Waals surface area contributed by atoms with Crippen LogP contribution in [0.15, 0.2) is 42.7 Å². The van der Waals surface area contributed by atoms with E-state index in [4.69, 9.17) is 0 Å². The number of carbonyl (C=O) groups excluding carboxylic acids is 1. The Kier molecular flexibility index (Phi) is 3.00. The minimum absolute atomic E-state index is 0.318. The third-order valence-corrected chi connectivity index (χ3v) is 2.33. The van der Waals surface area contributed by atoms with Gasteiger partial charge in [-0.3, -0.25) is 0 Å². The second-order valence-electron chi connectivity index (χ2n) is 3.34. The van der Waals surface area contributed by atoms with Gasteiger partial charge in [-0.25, -0.2) is 4.39 Å². The van der Waals surface area contributed by atoms with E-state index in [0.717, 1.165) is 17.4 Å². The molecule has 0 spiro atoms. The topological polar surface area (TPSA) is 42.9 Å². The van der Waals surface area contributed by atoms with Crippen LogP contribution < -0.4 is 0 Å². The molecule has 0 aliphatic heterocycles. The molecule has 1 heterocycles. The molecule has 1 aromatic carbocycles. The van der Waals surface area contributed by atoms with Gasteiger partial charge in [0, 0.05) is 6.20 Å². The Hall–Kier alpha value is -2.10. The average Bonchev–Trinajstić information content (AvgIpc) is 2.34. The van der Waals surface area contributed by atoms with Crippen molar-refractivity contribution >= 4 is 6.29 Å². The zero-order valence-corrected chi connectivity index (χ0v) is 8.38. The van der Waals surface area contributed by atoms with E-state index in [9.17, 15) is 9.18 Å². The summed E-state index contributed by atoms with van der Waals surface area (Å²) in [5.41, 5.74) is 1.49. The van der Waals surface area contributed by atoms with Gasteiger partial charge in [-0.2, -0.15) is 10.2 Å². The lowest BCUT2D eigenvalue weighted by Gasteiger charge is -2.09. The minimum atomic E-state index is -0.420. The Morgan fingerprint density at radius 3 is 2.38 bits per heavy atom. The molecule has 0 aliphatic carbocycles. The molecule has 3 nitrogen and oxygen atoms in total. The van der Waals surface area contributed by atoms with E-state index in [1.807, 2.05) is 0 Å². The first kappa shape index (κ1) is 10.4. The van der Waals surface area contributed by atoms with E-state index in [0.29, 0.717) is 0 Å². The highest BCUT2D eigenvalue weighted by molar-refractivity contribution is 5.67. The van der Waals surface area contributed by atoms with Gasteiger partial charge < -0.3 is 4.79 Å². The van der Waals surface area contributed by atoms with E-state index in [1.54, 1.807) is 18.2 Å². The van der Waals surface area contributed by atoms with Crippen molar-refractivity contribution in [1.82, 2.24) is 10.2 Å². The van der Waals surface area contributed by atoms with Crippen LogP contribution in [-0.2, 0) is 4.79 Å². The van der Waals surface area contributed by atoms with E-state index >= 15 is 0 Å². The van der Waals surface area contributed by atoms with Crippen molar-refractivity contribution < 1.29 is 9.18 Å². The summed E-state index contributed by atoms with van der Waals surface area (Å²) >= 11 is 0. The Bertz CT molecular complexity index is 470. The number of benzene rings is 1. The Morgan fingerprint density at radius 2 is 1.81 bits per heavy atom. The van der Waals surface area contributed by atoms with E-state index in [-0.39, 0.29) is 5.82 Å². The summed E-state index contributed by atoms with van der Waals surface area (Å²) in [6.45, 7) is 0. The first-order chi connectivity index (χ1) is 7.81. The van der Waals surface area contributed by atoms with Crippen LogP contribution in [0, 0.1) is 5.82 Å². The predicted molar refractivity (Wildman–Crippen MR) is 56.3 cm³/mol. The number of rotatable bonds is 3. The summed E-state index contributed by atoms with van der Waals surface area (Å²) in [7, 11) is 0. The number of nitrogens with zero attached hydrogens (tertiary/aromatic N) is 2. The Morgan fingerprint density at radius 1 is 1.06 bits per heavy atom. The van der Waals surface area contributed by atoms with Gasteiger partial charge in [0.25, 0.3) is 0 Å². The molecule has 1 unspecified atom stereocenters. The minimum Gasteiger partial charge on any atom is -0.302 e. The van der Waals surface area contributed by atoms with Crippen molar-refractivity contribution in [3.8, 4) is 0 Å². The van der Waals surface area contributed by atoms with Crippen molar-refractivity contribution in [3.63, 3.8) is 0 Å². The van der Waals surface area contributed by atoms with Crippen LogP contribution in [0.4, 0.5) is 4.39 Å². The molecule has 16 heavy (non-hydrogen) atoms. The number of carbonyl (C=O) groups is 1. The summed E-state index contributed by atoms with van der Waals surface area (Å²) in [6, 6.07) is 7.57. The molecule has 4 heteroatoms. The molecule has 0 aliphatic rings. The van der Waals surface area contributed by atoms with Gasteiger partial charge in [-0.05, 0) is 29.3 Å². The van der Waals surface area contributed by atoms with Crippen LogP contribution in [-0.4, -0.2) is 16.5 Å². The third kappa shape index (κ3) is 2.11. The third-order valence-electron chi connectivity index (χ3n) is 2.33. The lowest BCUT2D eigenvalue weighted by molar-refractivity contribution is -0.108. The number of hydrogen-bond donors (Lipinski definition) is 0. The normalized spacial score (nSPS) is 12.1. The SMILES string of the molecule is O=CC(c1ccc(F)cc1)c1ccnnc1. The van der Waals surface area contributed by atoms with Gasteiger partial charge in [-0.15, -0.1) is 0 Å². The second kappa shape index (κ2) is 4.61. The van der Waals surface area contributed by atoms with Gasteiger partial charge in [0.2, 0.25) is 0 Å². The fraction of sp³-hybridized carbons (Fsp3) is 0.0833. The molecular weight excluding hydrogens is 207 g/mol. The summed E-state index contributed by atoms with van der Waals surface area (Å²) < 4.78 is 12.7. The highest BCUT2D eigenvalue weighted by Gasteiger charge is 2.13. The summed E-state index contributed by atoms with van der Waals surface area (Å²) in [5.74, 6) is -0.739. The van der Waals surface area contributed by atoms with Gasteiger partial charge in [-0.1, -0.05) is 12.1 Å². The maximum Gasteiger partial charge on any atom is 0.131 e. The molecule has 1 aromatic heterocycles. The molecule has 2 aromatic rings. The van der Waals surface area contributed by atoms with Gasteiger partial charge in [0.1, 0.15) is 12.1 Å². The quantitative estimate of drug-likeness (QED) is 0.736. The van der Waals surface area contributed by atoms with Gasteiger partial charge in [0.05, 0.1) is 12.1 Å². The molecule has 0 N–H and O–H groups in total. The van der Waals surface area contributed by atoms with Crippen molar-refractivity contribution in [2.24, 2.45) is 0 Å². The van der Waals surface area contributed by atoms with Crippen molar-refractivity contribution in [1.29, 1.82) is 0 Å². The second-order valence-corrected chi connectivity index (χ2v) is 3.34. The molecule has 0 saturated carbocycles.